The second-order valence-corrected chi connectivity index (χ2v) is 4.68. The summed E-state index contributed by atoms with van der Waals surface area (Å²) in [5.74, 6) is -0.749. The summed E-state index contributed by atoms with van der Waals surface area (Å²) in [4.78, 5) is 33.0. The average molecular weight is 305 g/mol. The molecule has 0 spiro atoms. The first-order chi connectivity index (χ1) is 10.5. The number of amides is 2. The fraction of sp³-hybridized carbons (Fsp3) is 0.333. The van der Waals surface area contributed by atoms with Gasteiger partial charge in [0.25, 0.3) is 11.6 Å². The number of rotatable bonds is 7. The summed E-state index contributed by atoms with van der Waals surface area (Å²) in [6.07, 6.45) is 5.76. The highest BCUT2D eigenvalue weighted by Gasteiger charge is 2.04. The van der Waals surface area contributed by atoms with Gasteiger partial charge in [0, 0.05) is 24.6 Å². The molecular weight excluding hydrogens is 286 g/mol. The minimum Gasteiger partial charge on any atom is -0.273 e. The molecule has 22 heavy (non-hydrogen) atoms. The summed E-state index contributed by atoms with van der Waals surface area (Å²) in [6, 6.07) is 5.90. The van der Waals surface area contributed by atoms with Crippen LogP contribution in [-0.2, 0) is 9.59 Å². The Morgan fingerprint density at radius 2 is 2.05 bits per heavy atom. The van der Waals surface area contributed by atoms with Gasteiger partial charge in [-0.05, 0) is 18.1 Å². The fourth-order valence-corrected chi connectivity index (χ4v) is 1.68. The Kier molecular flexibility index (Phi) is 7.32. The third-order valence-electron chi connectivity index (χ3n) is 2.84. The number of nitro benzene ring substituents is 1. The van der Waals surface area contributed by atoms with Crippen LogP contribution in [0.3, 0.4) is 0 Å². The number of nitrogens with one attached hydrogen (secondary N) is 2. The molecule has 2 amide bonds. The molecule has 7 nitrogen and oxygen atoms in total. The standard InChI is InChI=1S/C15H19N3O4/c1-2-3-4-8-14(19)16-17-15(20)10-9-12-6-5-7-13(11-12)18(21)22/h5-7,9-11H,2-4,8H2,1H3,(H,16,19)(H,17,20)/b10-9+. The number of benzene rings is 1. The quantitative estimate of drug-likeness (QED) is 0.349. The Labute approximate surface area is 128 Å². The summed E-state index contributed by atoms with van der Waals surface area (Å²) in [6.45, 7) is 2.04. The van der Waals surface area contributed by atoms with Crippen LogP contribution < -0.4 is 10.9 Å². The van der Waals surface area contributed by atoms with Crippen LogP contribution in [0.25, 0.3) is 6.08 Å². The maximum atomic E-state index is 11.5. The smallest absolute Gasteiger partial charge is 0.270 e. The van der Waals surface area contributed by atoms with E-state index in [1.807, 2.05) is 6.92 Å². The lowest BCUT2D eigenvalue weighted by molar-refractivity contribution is -0.384. The second kappa shape index (κ2) is 9.28. The Bertz CT molecular complexity index is 570. The number of nitro groups is 1. The van der Waals surface area contributed by atoms with Gasteiger partial charge in [-0.15, -0.1) is 0 Å². The molecule has 118 valence electrons. The molecule has 0 heterocycles. The van der Waals surface area contributed by atoms with Gasteiger partial charge in [0.05, 0.1) is 4.92 Å². The van der Waals surface area contributed by atoms with Gasteiger partial charge in [-0.3, -0.25) is 30.6 Å². The number of hydrogen-bond acceptors (Lipinski definition) is 4. The largest absolute Gasteiger partial charge is 0.273 e. The molecule has 0 aromatic heterocycles. The number of hydrazine groups is 1. The highest BCUT2D eigenvalue weighted by atomic mass is 16.6. The summed E-state index contributed by atoms with van der Waals surface area (Å²) in [5, 5.41) is 10.6. The van der Waals surface area contributed by atoms with Crippen LogP contribution in [0.2, 0.25) is 0 Å². The normalized spacial score (nSPS) is 10.4. The number of unbranched alkanes of at least 4 members (excludes halogenated alkanes) is 2. The predicted octanol–water partition coefficient (Wildman–Crippen LogP) is 2.34. The zero-order valence-electron chi connectivity index (χ0n) is 12.4. The van der Waals surface area contributed by atoms with E-state index < -0.39 is 10.8 Å². The fourth-order valence-electron chi connectivity index (χ4n) is 1.68. The van der Waals surface area contributed by atoms with E-state index in [-0.39, 0.29) is 11.6 Å². The molecule has 1 aromatic rings. The van der Waals surface area contributed by atoms with Crippen molar-refractivity contribution in [2.24, 2.45) is 0 Å². The SMILES string of the molecule is CCCCCC(=O)NNC(=O)/C=C/c1cccc([N+](=O)[O-])c1. The number of hydrogen-bond donors (Lipinski definition) is 2. The first-order valence-corrected chi connectivity index (χ1v) is 7.04. The zero-order valence-corrected chi connectivity index (χ0v) is 12.4. The van der Waals surface area contributed by atoms with Crippen molar-refractivity contribution >= 4 is 23.6 Å². The van der Waals surface area contributed by atoms with Gasteiger partial charge in [-0.25, -0.2) is 0 Å². The topological polar surface area (TPSA) is 101 Å². The molecular formula is C15H19N3O4. The minimum absolute atomic E-state index is 0.0493. The van der Waals surface area contributed by atoms with E-state index in [0.29, 0.717) is 12.0 Å². The summed E-state index contributed by atoms with van der Waals surface area (Å²) >= 11 is 0. The van der Waals surface area contributed by atoms with Crippen LogP contribution in [0.4, 0.5) is 5.69 Å². The lowest BCUT2D eigenvalue weighted by Gasteiger charge is -2.04. The van der Waals surface area contributed by atoms with E-state index in [1.54, 1.807) is 6.07 Å². The van der Waals surface area contributed by atoms with E-state index in [0.717, 1.165) is 19.3 Å². The summed E-state index contributed by atoms with van der Waals surface area (Å²) in [7, 11) is 0. The molecule has 0 unspecified atom stereocenters. The highest BCUT2D eigenvalue weighted by Crippen LogP contribution is 2.13. The molecule has 2 N–H and O–H groups in total. The van der Waals surface area contributed by atoms with E-state index in [2.05, 4.69) is 10.9 Å². The predicted molar refractivity (Wildman–Crippen MR) is 82.6 cm³/mol. The van der Waals surface area contributed by atoms with Gasteiger partial charge >= 0.3 is 0 Å². The number of non-ortho nitro benzene ring substituents is 1. The molecule has 0 saturated carbocycles. The van der Waals surface area contributed by atoms with Crippen molar-refractivity contribution in [2.75, 3.05) is 0 Å². The van der Waals surface area contributed by atoms with Crippen LogP contribution in [0.15, 0.2) is 30.3 Å². The Morgan fingerprint density at radius 1 is 1.27 bits per heavy atom. The van der Waals surface area contributed by atoms with Crippen molar-refractivity contribution < 1.29 is 14.5 Å². The molecule has 0 aliphatic rings. The summed E-state index contributed by atoms with van der Waals surface area (Å²) < 4.78 is 0. The number of nitrogens with zero attached hydrogens (tertiary/aromatic N) is 1. The highest BCUT2D eigenvalue weighted by molar-refractivity contribution is 5.93. The molecule has 0 bridgehead atoms. The Hall–Kier alpha value is -2.70. The van der Waals surface area contributed by atoms with Crippen molar-refractivity contribution in [1.82, 2.24) is 10.9 Å². The lowest BCUT2D eigenvalue weighted by atomic mass is 10.2. The Balaban J connectivity index is 2.43. The Morgan fingerprint density at radius 3 is 2.73 bits per heavy atom. The van der Waals surface area contributed by atoms with Crippen molar-refractivity contribution in [2.45, 2.75) is 32.6 Å². The molecule has 0 aliphatic heterocycles. The number of carbonyl (C=O) groups excluding carboxylic acids is 2. The van der Waals surface area contributed by atoms with E-state index >= 15 is 0 Å². The molecule has 0 aliphatic carbocycles. The van der Waals surface area contributed by atoms with Gasteiger partial charge in [0.2, 0.25) is 5.91 Å². The van der Waals surface area contributed by atoms with Crippen LogP contribution in [0.5, 0.6) is 0 Å². The summed E-state index contributed by atoms with van der Waals surface area (Å²) in [5.41, 5.74) is 5.04. The lowest BCUT2D eigenvalue weighted by Crippen LogP contribution is -2.40. The molecule has 0 atom stereocenters. The molecule has 1 rings (SSSR count). The zero-order chi connectivity index (χ0) is 16.4. The number of carbonyl (C=O) groups is 2. The molecule has 0 radical (unpaired) electrons. The maximum absolute atomic E-state index is 11.5. The molecule has 7 heteroatoms. The van der Waals surface area contributed by atoms with Gasteiger partial charge in [0.1, 0.15) is 0 Å². The van der Waals surface area contributed by atoms with Gasteiger partial charge in [-0.1, -0.05) is 31.9 Å². The average Bonchev–Trinajstić information content (AvgIpc) is 2.51. The minimum atomic E-state index is -0.506. The van der Waals surface area contributed by atoms with Crippen molar-refractivity contribution in [3.05, 3.63) is 46.0 Å². The van der Waals surface area contributed by atoms with Crippen LogP contribution in [-0.4, -0.2) is 16.7 Å². The van der Waals surface area contributed by atoms with Gasteiger partial charge in [0.15, 0.2) is 0 Å². The molecule has 0 fully saturated rings. The third kappa shape index (κ3) is 6.65. The first-order valence-electron chi connectivity index (χ1n) is 7.04. The van der Waals surface area contributed by atoms with Crippen LogP contribution in [0, 0.1) is 10.1 Å². The second-order valence-electron chi connectivity index (χ2n) is 4.68. The van der Waals surface area contributed by atoms with Crippen molar-refractivity contribution in [3.8, 4) is 0 Å². The first kappa shape index (κ1) is 17.4. The van der Waals surface area contributed by atoms with Gasteiger partial charge < -0.3 is 0 Å². The van der Waals surface area contributed by atoms with Gasteiger partial charge in [-0.2, -0.15) is 0 Å². The van der Waals surface area contributed by atoms with E-state index in [9.17, 15) is 19.7 Å². The van der Waals surface area contributed by atoms with E-state index in [1.165, 1.54) is 30.4 Å². The monoisotopic (exact) mass is 305 g/mol. The van der Waals surface area contributed by atoms with Crippen LogP contribution >= 0.6 is 0 Å². The molecule has 0 saturated heterocycles. The van der Waals surface area contributed by atoms with E-state index in [4.69, 9.17) is 0 Å². The molecule has 1 aromatic carbocycles. The maximum Gasteiger partial charge on any atom is 0.270 e. The van der Waals surface area contributed by atoms with Crippen molar-refractivity contribution in [1.29, 1.82) is 0 Å². The third-order valence-corrected chi connectivity index (χ3v) is 2.84. The van der Waals surface area contributed by atoms with Crippen LogP contribution in [0.1, 0.15) is 38.2 Å². The van der Waals surface area contributed by atoms with Crippen molar-refractivity contribution in [3.63, 3.8) is 0 Å².